The monoisotopic (exact) mass is 535 g/mol. The Balaban J connectivity index is 2.53. The molecule has 0 saturated heterocycles. The first-order chi connectivity index (χ1) is 15.1. The minimum Gasteiger partial charge on any atom is -0.406 e. The van der Waals surface area contributed by atoms with Crippen molar-refractivity contribution in [2.24, 2.45) is 0 Å². The highest BCUT2D eigenvalue weighted by Gasteiger charge is 2.45. The lowest BCUT2D eigenvalue weighted by atomic mass is 10.1. The fourth-order valence-electron chi connectivity index (χ4n) is 2.49. The zero-order valence-corrected chi connectivity index (χ0v) is 16.6. The van der Waals surface area contributed by atoms with E-state index in [1.54, 1.807) is 0 Å². The number of hydrogen-bond acceptors (Lipinski definition) is 3. The highest BCUT2D eigenvalue weighted by Crippen LogP contribution is 2.39. The van der Waals surface area contributed by atoms with Gasteiger partial charge in [0.2, 0.25) is 10.0 Å². The zero-order chi connectivity index (χ0) is 26.3. The maximum Gasteiger partial charge on any atom is 0.573 e. The molecular weight excluding hydrogens is 526 g/mol. The topological polar surface area (TPSA) is 55.4 Å². The largest absolute Gasteiger partial charge is 0.573 e. The van der Waals surface area contributed by atoms with E-state index in [9.17, 15) is 61.1 Å². The zero-order valence-electron chi connectivity index (χ0n) is 15.8. The van der Waals surface area contributed by atoms with E-state index in [4.69, 9.17) is 0 Å². The fraction of sp³-hybridized carbons (Fsp3) is 0.294. The standard InChI is InChI=1S/C17H9F12NO3S/c18-14(19,20)9-5-10(15(21,22)23)7-12(6-9)34(31,32)30-13(16(24,25)26)8-1-3-11(4-2-8)33-17(27,28)29/h1-7,13,30H. The minimum atomic E-state index is -5.68. The Hall–Kier alpha value is -2.69. The molecule has 0 aliphatic carbocycles. The van der Waals surface area contributed by atoms with E-state index >= 15 is 0 Å². The van der Waals surface area contributed by atoms with Crippen LogP contribution in [0.15, 0.2) is 47.4 Å². The van der Waals surface area contributed by atoms with Crippen molar-refractivity contribution in [3.63, 3.8) is 0 Å². The van der Waals surface area contributed by atoms with Crippen LogP contribution in [-0.4, -0.2) is 21.0 Å². The Morgan fingerprint density at radius 1 is 0.706 bits per heavy atom. The van der Waals surface area contributed by atoms with Crippen molar-refractivity contribution < 1.29 is 65.8 Å². The van der Waals surface area contributed by atoms with Crippen LogP contribution in [0.2, 0.25) is 0 Å². The Bertz CT molecular complexity index is 1080. The molecule has 0 radical (unpaired) electrons. The fourth-order valence-corrected chi connectivity index (χ4v) is 3.77. The van der Waals surface area contributed by atoms with Gasteiger partial charge in [-0.2, -0.15) is 44.2 Å². The quantitative estimate of drug-likeness (QED) is 0.464. The van der Waals surface area contributed by atoms with Gasteiger partial charge in [0.05, 0.1) is 16.0 Å². The Morgan fingerprint density at radius 3 is 1.50 bits per heavy atom. The van der Waals surface area contributed by atoms with Gasteiger partial charge >= 0.3 is 24.9 Å². The molecule has 17 heteroatoms. The average molecular weight is 535 g/mol. The van der Waals surface area contributed by atoms with Crippen molar-refractivity contribution in [2.75, 3.05) is 0 Å². The van der Waals surface area contributed by atoms with E-state index in [2.05, 4.69) is 4.74 Å². The third kappa shape index (κ3) is 7.15. The van der Waals surface area contributed by atoms with Crippen molar-refractivity contribution in [1.29, 1.82) is 0 Å². The summed E-state index contributed by atoms with van der Waals surface area (Å²) in [7, 11) is -5.68. The number of alkyl halides is 12. The molecule has 0 bridgehead atoms. The molecule has 2 rings (SSSR count). The first-order valence-corrected chi connectivity index (χ1v) is 9.82. The summed E-state index contributed by atoms with van der Waals surface area (Å²) in [5.41, 5.74) is -5.23. The first kappa shape index (κ1) is 27.6. The second-order valence-corrected chi connectivity index (χ2v) is 8.17. The molecule has 1 N–H and O–H groups in total. The van der Waals surface area contributed by atoms with Crippen molar-refractivity contribution in [2.45, 2.75) is 35.8 Å². The first-order valence-electron chi connectivity index (χ1n) is 8.34. The highest BCUT2D eigenvalue weighted by molar-refractivity contribution is 7.89. The summed E-state index contributed by atoms with van der Waals surface area (Å²) >= 11 is 0. The van der Waals surface area contributed by atoms with Crippen LogP contribution < -0.4 is 9.46 Å². The van der Waals surface area contributed by atoms with Crippen LogP contribution in [0.5, 0.6) is 5.75 Å². The van der Waals surface area contributed by atoms with Crippen LogP contribution in [0.1, 0.15) is 22.7 Å². The predicted molar refractivity (Wildman–Crippen MR) is 88.7 cm³/mol. The van der Waals surface area contributed by atoms with Crippen LogP contribution >= 0.6 is 0 Å². The number of rotatable bonds is 5. The number of ether oxygens (including phenoxy) is 1. The van der Waals surface area contributed by atoms with Crippen LogP contribution in [0.25, 0.3) is 0 Å². The van der Waals surface area contributed by atoms with Crippen molar-refractivity contribution in [3.8, 4) is 5.75 Å². The summed E-state index contributed by atoms with van der Waals surface area (Å²) < 4.78 is 184. The van der Waals surface area contributed by atoms with E-state index in [0.29, 0.717) is 24.3 Å². The van der Waals surface area contributed by atoms with Gasteiger partial charge in [-0.15, -0.1) is 13.2 Å². The molecule has 0 aromatic heterocycles. The second-order valence-electron chi connectivity index (χ2n) is 6.45. The van der Waals surface area contributed by atoms with Gasteiger partial charge < -0.3 is 4.74 Å². The summed E-state index contributed by atoms with van der Waals surface area (Å²) in [6, 6.07) is -2.76. The van der Waals surface area contributed by atoms with Crippen molar-refractivity contribution in [3.05, 3.63) is 59.2 Å². The number of sulfonamides is 1. The summed E-state index contributed by atoms with van der Waals surface area (Å²) in [5.74, 6) is -0.979. The maximum atomic E-state index is 13.5. The van der Waals surface area contributed by atoms with Crippen LogP contribution in [0, 0.1) is 0 Å². The molecule has 0 amide bonds. The van der Waals surface area contributed by atoms with E-state index in [0.717, 1.165) is 4.72 Å². The molecule has 34 heavy (non-hydrogen) atoms. The van der Waals surface area contributed by atoms with Crippen LogP contribution in [0.3, 0.4) is 0 Å². The minimum absolute atomic E-state index is 0.300. The average Bonchev–Trinajstić information content (AvgIpc) is 2.63. The van der Waals surface area contributed by atoms with Gasteiger partial charge in [0.1, 0.15) is 11.8 Å². The molecule has 2 aromatic rings. The highest BCUT2D eigenvalue weighted by atomic mass is 32.2. The number of benzene rings is 2. The van der Waals surface area contributed by atoms with E-state index in [1.165, 1.54) is 0 Å². The smallest absolute Gasteiger partial charge is 0.406 e. The molecule has 0 heterocycles. The lowest BCUT2D eigenvalue weighted by molar-refractivity contribution is -0.274. The third-order valence-corrected chi connectivity index (χ3v) is 5.32. The summed E-state index contributed by atoms with van der Waals surface area (Å²) in [5, 5.41) is 0. The van der Waals surface area contributed by atoms with Gasteiger partial charge in [-0.3, -0.25) is 0 Å². The number of hydrogen-bond donors (Lipinski definition) is 1. The van der Waals surface area contributed by atoms with Gasteiger partial charge in [-0.25, -0.2) is 8.42 Å². The predicted octanol–water partition coefficient (Wildman–Crippen LogP) is 6.20. The molecule has 2 aromatic carbocycles. The van der Waals surface area contributed by atoms with Gasteiger partial charge in [0.25, 0.3) is 0 Å². The summed E-state index contributed by atoms with van der Waals surface area (Å²) in [6.45, 7) is 0. The number of halogens is 12. The van der Waals surface area contributed by atoms with Crippen LogP contribution in [0.4, 0.5) is 52.7 Å². The Labute approximate surface area is 182 Å². The van der Waals surface area contributed by atoms with Crippen LogP contribution in [-0.2, 0) is 22.4 Å². The summed E-state index contributed by atoms with van der Waals surface area (Å²) in [4.78, 5) is -1.78. The molecule has 4 nitrogen and oxygen atoms in total. The lowest BCUT2D eigenvalue weighted by Gasteiger charge is -2.23. The SMILES string of the molecule is O=S(=O)(NC(c1ccc(OC(F)(F)F)cc1)C(F)(F)F)c1cc(C(F)(F)F)cc(C(F)(F)F)c1. The third-order valence-electron chi connectivity index (χ3n) is 3.92. The Kier molecular flexibility index (Phi) is 7.15. The molecule has 0 aliphatic rings. The normalized spacial score (nSPS) is 14.7. The molecule has 1 unspecified atom stereocenters. The van der Waals surface area contributed by atoms with E-state index in [1.807, 2.05) is 0 Å². The van der Waals surface area contributed by atoms with Gasteiger partial charge in [0, 0.05) is 0 Å². The summed E-state index contributed by atoms with van der Waals surface area (Å²) in [6.07, 6.45) is -21.7. The molecule has 190 valence electrons. The van der Waals surface area contributed by atoms with E-state index < -0.39 is 74.4 Å². The van der Waals surface area contributed by atoms with Gasteiger partial charge in [0.15, 0.2) is 0 Å². The van der Waals surface area contributed by atoms with Crippen molar-refractivity contribution >= 4 is 10.0 Å². The van der Waals surface area contributed by atoms with Gasteiger partial charge in [-0.05, 0) is 35.9 Å². The molecule has 0 saturated carbocycles. The molecule has 0 aliphatic heterocycles. The molecule has 0 spiro atoms. The number of nitrogens with one attached hydrogen (secondary N) is 1. The lowest BCUT2D eigenvalue weighted by Crippen LogP contribution is -2.38. The van der Waals surface area contributed by atoms with E-state index in [-0.39, 0.29) is 12.1 Å². The molecule has 0 fully saturated rings. The van der Waals surface area contributed by atoms with Gasteiger partial charge in [-0.1, -0.05) is 12.1 Å². The molecule has 1 atom stereocenters. The van der Waals surface area contributed by atoms with Crippen molar-refractivity contribution in [1.82, 2.24) is 4.72 Å². The Morgan fingerprint density at radius 2 is 1.15 bits per heavy atom. The maximum absolute atomic E-state index is 13.5. The second kappa shape index (κ2) is 8.83. The molecular formula is C17H9F12NO3S.